The molecular formula is C13H16FN3. The maximum atomic E-state index is 12.8. The molecule has 4 heteroatoms. The van der Waals surface area contributed by atoms with Crippen molar-refractivity contribution in [3.63, 3.8) is 0 Å². The standard InChI is InChI=1S/C13H16FN3/c1-8(7-15)13-16-9(2)12(17-13)10-3-5-11(14)6-4-10/h3-6,8H,7,15H2,1-2H3,(H,16,17). The first-order valence-electron chi connectivity index (χ1n) is 5.64. The second kappa shape index (κ2) is 4.67. The number of H-pyrrole nitrogens is 1. The molecule has 3 N–H and O–H groups in total. The molecule has 1 aromatic heterocycles. The van der Waals surface area contributed by atoms with Gasteiger partial charge in [0, 0.05) is 23.7 Å². The van der Waals surface area contributed by atoms with Crippen molar-refractivity contribution in [3.05, 3.63) is 41.6 Å². The maximum absolute atomic E-state index is 12.8. The van der Waals surface area contributed by atoms with E-state index in [2.05, 4.69) is 9.97 Å². The summed E-state index contributed by atoms with van der Waals surface area (Å²) in [6.45, 7) is 4.53. The first kappa shape index (κ1) is 11.8. The molecule has 1 unspecified atom stereocenters. The van der Waals surface area contributed by atoms with Gasteiger partial charge in [-0.2, -0.15) is 0 Å². The molecule has 0 amide bonds. The summed E-state index contributed by atoms with van der Waals surface area (Å²) >= 11 is 0. The topological polar surface area (TPSA) is 54.7 Å². The van der Waals surface area contributed by atoms with E-state index in [0.29, 0.717) is 6.54 Å². The zero-order valence-corrected chi connectivity index (χ0v) is 10.00. The van der Waals surface area contributed by atoms with E-state index < -0.39 is 0 Å². The highest BCUT2D eigenvalue weighted by Crippen LogP contribution is 2.23. The first-order valence-corrected chi connectivity index (χ1v) is 5.64. The minimum absolute atomic E-state index is 0.197. The maximum Gasteiger partial charge on any atom is 0.123 e. The third-order valence-corrected chi connectivity index (χ3v) is 2.84. The van der Waals surface area contributed by atoms with Crippen LogP contribution in [0.5, 0.6) is 0 Å². The fourth-order valence-corrected chi connectivity index (χ4v) is 1.72. The van der Waals surface area contributed by atoms with Gasteiger partial charge in [-0.3, -0.25) is 0 Å². The Bertz CT molecular complexity index is 502. The normalized spacial score (nSPS) is 12.7. The molecule has 0 saturated carbocycles. The average Bonchev–Trinajstić information content (AvgIpc) is 2.71. The highest BCUT2D eigenvalue weighted by atomic mass is 19.1. The number of nitrogens with two attached hydrogens (primary N) is 1. The van der Waals surface area contributed by atoms with Crippen molar-refractivity contribution in [2.24, 2.45) is 5.73 Å². The molecule has 1 heterocycles. The van der Waals surface area contributed by atoms with Crippen LogP contribution >= 0.6 is 0 Å². The van der Waals surface area contributed by atoms with Crippen LogP contribution in [0.1, 0.15) is 24.4 Å². The molecule has 0 aliphatic carbocycles. The highest BCUT2D eigenvalue weighted by molar-refractivity contribution is 5.61. The van der Waals surface area contributed by atoms with E-state index >= 15 is 0 Å². The molecule has 2 rings (SSSR count). The lowest BCUT2D eigenvalue weighted by Crippen LogP contribution is -2.10. The third kappa shape index (κ3) is 2.36. The lowest BCUT2D eigenvalue weighted by Gasteiger charge is -2.02. The number of aromatic amines is 1. The Labute approximate surface area is 99.9 Å². The van der Waals surface area contributed by atoms with E-state index in [-0.39, 0.29) is 11.7 Å². The smallest absolute Gasteiger partial charge is 0.123 e. The lowest BCUT2D eigenvalue weighted by molar-refractivity contribution is 0.628. The molecule has 3 nitrogen and oxygen atoms in total. The number of nitrogens with zero attached hydrogens (tertiary/aromatic N) is 1. The summed E-state index contributed by atoms with van der Waals surface area (Å²) in [5.41, 5.74) is 8.36. The van der Waals surface area contributed by atoms with E-state index in [9.17, 15) is 4.39 Å². The molecule has 2 aromatic rings. The summed E-state index contributed by atoms with van der Waals surface area (Å²) < 4.78 is 12.8. The summed E-state index contributed by atoms with van der Waals surface area (Å²) in [5.74, 6) is 0.838. The van der Waals surface area contributed by atoms with Crippen molar-refractivity contribution in [1.29, 1.82) is 0 Å². The molecule has 0 radical (unpaired) electrons. The molecule has 1 aromatic carbocycles. The van der Waals surface area contributed by atoms with Crippen LogP contribution in [0.2, 0.25) is 0 Å². The SMILES string of the molecule is Cc1[nH]c(C(C)CN)nc1-c1ccc(F)cc1. The molecule has 0 aliphatic rings. The van der Waals surface area contributed by atoms with Crippen LogP contribution in [0.15, 0.2) is 24.3 Å². The Morgan fingerprint density at radius 2 is 2.00 bits per heavy atom. The number of aryl methyl sites for hydroxylation is 1. The Kier molecular flexibility index (Phi) is 3.24. The van der Waals surface area contributed by atoms with E-state index in [1.54, 1.807) is 12.1 Å². The summed E-state index contributed by atoms with van der Waals surface area (Å²) in [6, 6.07) is 6.34. The zero-order chi connectivity index (χ0) is 12.4. The van der Waals surface area contributed by atoms with Gasteiger partial charge in [-0.05, 0) is 31.2 Å². The summed E-state index contributed by atoms with van der Waals surface area (Å²) in [4.78, 5) is 7.75. The van der Waals surface area contributed by atoms with Crippen molar-refractivity contribution in [2.45, 2.75) is 19.8 Å². The number of halogens is 1. The molecule has 1 atom stereocenters. The summed E-state index contributed by atoms with van der Waals surface area (Å²) in [5, 5.41) is 0. The van der Waals surface area contributed by atoms with Gasteiger partial charge in [-0.15, -0.1) is 0 Å². The number of benzene rings is 1. The third-order valence-electron chi connectivity index (χ3n) is 2.84. The minimum Gasteiger partial charge on any atom is -0.345 e. The Morgan fingerprint density at radius 1 is 1.35 bits per heavy atom. The first-order chi connectivity index (χ1) is 8.11. The van der Waals surface area contributed by atoms with Crippen molar-refractivity contribution < 1.29 is 4.39 Å². The van der Waals surface area contributed by atoms with E-state index in [0.717, 1.165) is 22.8 Å². The van der Waals surface area contributed by atoms with Gasteiger partial charge in [0.05, 0.1) is 5.69 Å². The van der Waals surface area contributed by atoms with Crippen LogP contribution < -0.4 is 5.73 Å². The van der Waals surface area contributed by atoms with Gasteiger partial charge in [0.1, 0.15) is 11.6 Å². The van der Waals surface area contributed by atoms with Gasteiger partial charge < -0.3 is 10.7 Å². The van der Waals surface area contributed by atoms with Gasteiger partial charge in [0.15, 0.2) is 0 Å². The van der Waals surface area contributed by atoms with Crippen molar-refractivity contribution in [3.8, 4) is 11.3 Å². The van der Waals surface area contributed by atoms with Gasteiger partial charge >= 0.3 is 0 Å². The molecule has 0 aliphatic heterocycles. The van der Waals surface area contributed by atoms with Gasteiger partial charge in [0.25, 0.3) is 0 Å². The highest BCUT2D eigenvalue weighted by Gasteiger charge is 2.12. The Morgan fingerprint density at radius 3 is 2.59 bits per heavy atom. The number of rotatable bonds is 3. The van der Waals surface area contributed by atoms with Gasteiger partial charge in [0.2, 0.25) is 0 Å². The molecule has 17 heavy (non-hydrogen) atoms. The molecule has 0 saturated heterocycles. The molecule has 90 valence electrons. The monoisotopic (exact) mass is 233 g/mol. The number of hydrogen-bond donors (Lipinski definition) is 2. The molecule has 0 spiro atoms. The quantitative estimate of drug-likeness (QED) is 0.856. The number of hydrogen-bond acceptors (Lipinski definition) is 2. The van der Waals surface area contributed by atoms with E-state index in [1.807, 2.05) is 13.8 Å². The molecule has 0 fully saturated rings. The average molecular weight is 233 g/mol. The van der Waals surface area contributed by atoms with Crippen LogP contribution in [0.3, 0.4) is 0 Å². The van der Waals surface area contributed by atoms with Crippen molar-refractivity contribution in [2.75, 3.05) is 6.54 Å². The predicted octanol–water partition coefficient (Wildman–Crippen LogP) is 2.59. The van der Waals surface area contributed by atoms with Crippen LogP contribution in [-0.2, 0) is 0 Å². The van der Waals surface area contributed by atoms with Crippen LogP contribution in [-0.4, -0.2) is 16.5 Å². The van der Waals surface area contributed by atoms with Gasteiger partial charge in [-0.1, -0.05) is 6.92 Å². The largest absolute Gasteiger partial charge is 0.345 e. The van der Waals surface area contributed by atoms with Crippen LogP contribution in [0, 0.1) is 12.7 Å². The van der Waals surface area contributed by atoms with Crippen LogP contribution in [0.25, 0.3) is 11.3 Å². The Balaban J connectivity index is 2.39. The zero-order valence-electron chi connectivity index (χ0n) is 10.00. The lowest BCUT2D eigenvalue weighted by atomic mass is 10.1. The van der Waals surface area contributed by atoms with E-state index in [1.165, 1.54) is 12.1 Å². The second-order valence-corrected chi connectivity index (χ2v) is 4.24. The summed E-state index contributed by atoms with van der Waals surface area (Å²) in [6.07, 6.45) is 0. The van der Waals surface area contributed by atoms with Crippen molar-refractivity contribution >= 4 is 0 Å². The Hall–Kier alpha value is -1.68. The number of aromatic nitrogens is 2. The van der Waals surface area contributed by atoms with Gasteiger partial charge in [-0.25, -0.2) is 9.37 Å². The fourth-order valence-electron chi connectivity index (χ4n) is 1.72. The second-order valence-electron chi connectivity index (χ2n) is 4.24. The molecule has 0 bridgehead atoms. The number of nitrogens with one attached hydrogen (secondary N) is 1. The number of imidazole rings is 1. The minimum atomic E-state index is -0.238. The summed E-state index contributed by atoms with van der Waals surface area (Å²) in [7, 11) is 0. The predicted molar refractivity (Wildman–Crippen MR) is 66.2 cm³/mol. The van der Waals surface area contributed by atoms with Crippen LogP contribution in [0.4, 0.5) is 4.39 Å². The molecular weight excluding hydrogens is 217 g/mol. The fraction of sp³-hybridized carbons (Fsp3) is 0.308. The van der Waals surface area contributed by atoms with Crippen molar-refractivity contribution in [1.82, 2.24) is 9.97 Å². The van der Waals surface area contributed by atoms with E-state index in [4.69, 9.17) is 5.73 Å².